The highest BCUT2D eigenvalue weighted by atomic mass is 16.3. The smallest absolute Gasteiger partial charge is 0.128 e. The number of aliphatic hydroxyl groups is 2. The molecule has 1 saturated carbocycles. The fourth-order valence-electron chi connectivity index (χ4n) is 3.26. The summed E-state index contributed by atoms with van der Waals surface area (Å²) in [6.45, 7) is 3.66. The maximum Gasteiger partial charge on any atom is 0.128 e. The Morgan fingerprint density at radius 1 is 1.33 bits per heavy atom. The molecule has 0 amide bonds. The molecule has 2 heterocycles. The first-order chi connectivity index (χ1) is 8.65. The molecule has 3 rings (SSSR count). The molecular weight excluding hydrogens is 228 g/mol. The van der Waals surface area contributed by atoms with Gasteiger partial charge in [0.1, 0.15) is 5.82 Å². The van der Waals surface area contributed by atoms with Crippen molar-refractivity contribution in [2.24, 2.45) is 11.8 Å². The van der Waals surface area contributed by atoms with E-state index in [1.807, 2.05) is 12.1 Å². The molecular formula is C14H20N2O2. The third kappa shape index (κ3) is 1.99. The van der Waals surface area contributed by atoms with Gasteiger partial charge in [-0.15, -0.1) is 0 Å². The zero-order chi connectivity index (χ0) is 12.7. The van der Waals surface area contributed by atoms with E-state index in [2.05, 4.69) is 9.88 Å². The molecule has 2 aliphatic rings. The van der Waals surface area contributed by atoms with Gasteiger partial charge in [-0.25, -0.2) is 4.98 Å². The van der Waals surface area contributed by atoms with Crippen molar-refractivity contribution >= 4 is 5.82 Å². The highest BCUT2D eigenvalue weighted by Crippen LogP contribution is 2.39. The molecule has 1 aliphatic heterocycles. The minimum atomic E-state index is -0.466. The molecule has 1 saturated heterocycles. The molecule has 0 bridgehead atoms. The zero-order valence-electron chi connectivity index (χ0n) is 10.7. The number of fused-ring (bicyclic) bond motifs is 1. The number of pyridine rings is 1. The van der Waals surface area contributed by atoms with Crippen molar-refractivity contribution in [3.8, 4) is 0 Å². The Morgan fingerprint density at radius 2 is 2.17 bits per heavy atom. The Morgan fingerprint density at radius 3 is 2.78 bits per heavy atom. The largest absolute Gasteiger partial charge is 0.393 e. The molecule has 4 nitrogen and oxygen atoms in total. The van der Waals surface area contributed by atoms with Crippen LogP contribution >= 0.6 is 0 Å². The van der Waals surface area contributed by atoms with Gasteiger partial charge in [0.05, 0.1) is 12.2 Å². The molecule has 98 valence electrons. The quantitative estimate of drug-likeness (QED) is 0.829. The van der Waals surface area contributed by atoms with E-state index >= 15 is 0 Å². The van der Waals surface area contributed by atoms with Crippen LogP contribution in [0.15, 0.2) is 18.3 Å². The fourth-order valence-corrected chi connectivity index (χ4v) is 3.26. The molecule has 0 radical (unpaired) electrons. The first kappa shape index (κ1) is 11.9. The Hall–Kier alpha value is -1.13. The molecule has 2 fully saturated rings. The normalized spacial score (nSPS) is 32.6. The van der Waals surface area contributed by atoms with Crippen LogP contribution in [0.25, 0.3) is 0 Å². The van der Waals surface area contributed by atoms with E-state index in [4.69, 9.17) is 0 Å². The van der Waals surface area contributed by atoms with E-state index < -0.39 is 6.10 Å². The predicted molar refractivity (Wildman–Crippen MR) is 69.3 cm³/mol. The first-order valence-electron chi connectivity index (χ1n) is 6.72. The number of hydrogen-bond donors (Lipinski definition) is 2. The lowest BCUT2D eigenvalue weighted by molar-refractivity contribution is 0.133. The molecule has 1 aromatic rings. The van der Waals surface area contributed by atoms with Gasteiger partial charge in [-0.1, -0.05) is 6.07 Å². The van der Waals surface area contributed by atoms with E-state index in [0.717, 1.165) is 37.3 Å². The van der Waals surface area contributed by atoms with Crippen LogP contribution in [-0.2, 0) is 0 Å². The highest BCUT2D eigenvalue weighted by Gasteiger charge is 2.42. The van der Waals surface area contributed by atoms with Crippen LogP contribution < -0.4 is 4.90 Å². The lowest BCUT2D eigenvalue weighted by Gasteiger charge is -2.19. The molecule has 1 aliphatic carbocycles. The van der Waals surface area contributed by atoms with Gasteiger partial charge in [0.15, 0.2) is 0 Å². The molecule has 4 heteroatoms. The van der Waals surface area contributed by atoms with E-state index in [-0.39, 0.29) is 6.10 Å². The van der Waals surface area contributed by atoms with Gasteiger partial charge in [-0.3, -0.25) is 0 Å². The van der Waals surface area contributed by atoms with Gasteiger partial charge in [0.2, 0.25) is 0 Å². The van der Waals surface area contributed by atoms with Gasteiger partial charge in [-0.2, -0.15) is 0 Å². The van der Waals surface area contributed by atoms with Crippen molar-refractivity contribution in [1.29, 1.82) is 0 Å². The molecule has 4 atom stereocenters. The monoisotopic (exact) mass is 248 g/mol. The van der Waals surface area contributed by atoms with Crippen molar-refractivity contribution in [2.45, 2.75) is 32.0 Å². The molecule has 0 spiro atoms. The van der Waals surface area contributed by atoms with Crippen LogP contribution in [0.1, 0.15) is 31.4 Å². The standard InChI is InChI=1S/C14H20N2O2/c1-9(17)10-3-5-14(15-6-10)16-7-11-2-4-13(18)12(11)8-16/h3,5-6,9,11-13,17-18H,2,4,7-8H2,1H3/t9-,11?,12?,13?/m0/s1. The fraction of sp³-hybridized carbons (Fsp3) is 0.643. The molecule has 2 N–H and O–H groups in total. The van der Waals surface area contributed by atoms with E-state index in [9.17, 15) is 10.2 Å². The van der Waals surface area contributed by atoms with Crippen molar-refractivity contribution < 1.29 is 10.2 Å². The second kappa shape index (κ2) is 4.52. The van der Waals surface area contributed by atoms with E-state index in [1.54, 1.807) is 13.1 Å². The summed E-state index contributed by atoms with van der Waals surface area (Å²) in [6.07, 6.45) is 3.24. The van der Waals surface area contributed by atoms with Gasteiger partial charge < -0.3 is 15.1 Å². The topological polar surface area (TPSA) is 56.6 Å². The zero-order valence-corrected chi connectivity index (χ0v) is 10.7. The van der Waals surface area contributed by atoms with Crippen LogP contribution in [0.5, 0.6) is 0 Å². The number of aliphatic hydroxyl groups excluding tert-OH is 2. The number of rotatable bonds is 2. The van der Waals surface area contributed by atoms with Crippen molar-refractivity contribution in [2.75, 3.05) is 18.0 Å². The van der Waals surface area contributed by atoms with Crippen molar-refractivity contribution in [3.63, 3.8) is 0 Å². The van der Waals surface area contributed by atoms with E-state index in [0.29, 0.717) is 11.8 Å². The summed E-state index contributed by atoms with van der Waals surface area (Å²) in [6, 6.07) is 3.90. The minimum Gasteiger partial charge on any atom is -0.393 e. The number of hydrogen-bond acceptors (Lipinski definition) is 4. The molecule has 0 aromatic carbocycles. The van der Waals surface area contributed by atoms with Gasteiger partial charge in [0, 0.05) is 25.2 Å². The van der Waals surface area contributed by atoms with Crippen LogP contribution in [0.4, 0.5) is 5.82 Å². The average Bonchev–Trinajstić information content (AvgIpc) is 2.92. The van der Waals surface area contributed by atoms with Crippen molar-refractivity contribution in [3.05, 3.63) is 23.9 Å². The summed E-state index contributed by atoms with van der Waals surface area (Å²) in [7, 11) is 0. The highest BCUT2D eigenvalue weighted by molar-refractivity contribution is 5.41. The summed E-state index contributed by atoms with van der Waals surface area (Å²) in [4.78, 5) is 6.67. The van der Waals surface area contributed by atoms with Gasteiger partial charge >= 0.3 is 0 Å². The van der Waals surface area contributed by atoms with Crippen LogP contribution in [0.2, 0.25) is 0 Å². The minimum absolute atomic E-state index is 0.128. The summed E-state index contributed by atoms with van der Waals surface area (Å²) < 4.78 is 0. The van der Waals surface area contributed by atoms with Gasteiger partial charge in [0.25, 0.3) is 0 Å². The maximum atomic E-state index is 9.90. The Kier molecular flexibility index (Phi) is 2.99. The van der Waals surface area contributed by atoms with Gasteiger partial charge in [-0.05, 0) is 37.3 Å². The third-order valence-corrected chi connectivity index (χ3v) is 4.40. The second-order valence-corrected chi connectivity index (χ2v) is 5.60. The third-order valence-electron chi connectivity index (χ3n) is 4.40. The summed E-state index contributed by atoms with van der Waals surface area (Å²) >= 11 is 0. The summed E-state index contributed by atoms with van der Waals surface area (Å²) in [5, 5.41) is 19.4. The lowest BCUT2D eigenvalue weighted by atomic mass is 10.00. The van der Waals surface area contributed by atoms with Crippen LogP contribution in [0, 0.1) is 11.8 Å². The second-order valence-electron chi connectivity index (χ2n) is 5.60. The number of nitrogens with zero attached hydrogens (tertiary/aromatic N) is 2. The summed E-state index contributed by atoms with van der Waals surface area (Å²) in [5.41, 5.74) is 0.846. The molecule has 1 aromatic heterocycles. The predicted octanol–water partition coefficient (Wildman–Crippen LogP) is 1.34. The molecule has 18 heavy (non-hydrogen) atoms. The number of anilines is 1. The Balaban J connectivity index is 1.73. The lowest BCUT2D eigenvalue weighted by Crippen LogP contribution is -2.25. The van der Waals surface area contributed by atoms with Crippen molar-refractivity contribution in [1.82, 2.24) is 4.98 Å². The average molecular weight is 248 g/mol. The SMILES string of the molecule is C[C@H](O)c1ccc(N2CC3CCC(O)C3C2)nc1. The Bertz CT molecular complexity index is 418. The first-order valence-corrected chi connectivity index (χ1v) is 6.72. The number of aromatic nitrogens is 1. The van der Waals surface area contributed by atoms with E-state index in [1.165, 1.54) is 0 Å². The van der Waals surface area contributed by atoms with Crippen LogP contribution in [-0.4, -0.2) is 34.4 Å². The summed E-state index contributed by atoms with van der Waals surface area (Å²) in [5.74, 6) is 2.00. The molecule has 3 unspecified atom stereocenters. The maximum absolute atomic E-state index is 9.90. The Labute approximate surface area is 107 Å². The van der Waals surface area contributed by atoms with Crippen LogP contribution in [0.3, 0.4) is 0 Å².